The van der Waals surface area contributed by atoms with Crippen LogP contribution in [0.5, 0.6) is 0 Å². The first kappa shape index (κ1) is 19.6. The molecule has 144 valence electrons. The average Bonchev–Trinajstić information content (AvgIpc) is 3.19. The maximum absolute atomic E-state index is 12.7. The summed E-state index contributed by atoms with van der Waals surface area (Å²) in [7, 11) is -3.53. The summed E-state index contributed by atoms with van der Waals surface area (Å²) in [5, 5.41) is 2.98. The number of sulfonamides is 1. The first-order chi connectivity index (χ1) is 12.8. The Kier molecular flexibility index (Phi) is 5.67. The Morgan fingerprint density at radius 1 is 1.07 bits per heavy atom. The van der Waals surface area contributed by atoms with Crippen molar-refractivity contribution in [2.24, 2.45) is 0 Å². The minimum absolute atomic E-state index is 0.170. The van der Waals surface area contributed by atoms with Crippen molar-refractivity contribution in [2.75, 3.05) is 13.1 Å². The van der Waals surface area contributed by atoms with Crippen LogP contribution in [0.3, 0.4) is 0 Å². The number of nitrogens with one attached hydrogen (secondary N) is 1. The number of carbonyl (C=O) groups excluding carboxylic acids is 1. The summed E-state index contributed by atoms with van der Waals surface area (Å²) in [6, 6.07) is 12.3. The second kappa shape index (κ2) is 7.82. The number of amides is 1. The molecule has 0 aromatic heterocycles. The molecule has 27 heavy (non-hydrogen) atoms. The molecule has 6 heteroatoms. The topological polar surface area (TPSA) is 66.5 Å². The number of carbonyl (C=O) groups is 1. The molecule has 2 aromatic rings. The van der Waals surface area contributed by atoms with Crippen LogP contribution in [0, 0.1) is 13.8 Å². The first-order valence-electron chi connectivity index (χ1n) is 9.27. The van der Waals surface area contributed by atoms with Crippen molar-refractivity contribution in [3.63, 3.8) is 0 Å². The van der Waals surface area contributed by atoms with Gasteiger partial charge in [0.2, 0.25) is 10.0 Å². The molecule has 1 fully saturated rings. The lowest BCUT2D eigenvalue weighted by Crippen LogP contribution is -2.29. The van der Waals surface area contributed by atoms with Crippen LogP contribution in [0.1, 0.15) is 52.9 Å². The molecule has 0 radical (unpaired) electrons. The predicted molar refractivity (Wildman–Crippen MR) is 106 cm³/mol. The highest BCUT2D eigenvalue weighted by Crippen LogP contribution is 2.23. The van der Waals surface area contributed by atoms with Crippen molar-refractivity contribution >= 4 is 15.9 Å². The lowest BCUT2D eigenvalue weighted by atomic mass is 10.00. The first-order valence-corrected chi connectivity index (χ1v) is 10.7. The van der Waals surface area contributed by atoms with E-state index in [4.69, 9.17) is 0 Å². The normalized spacial score (nSPS) is 16.3. The molecule has 1 heterocycles. The maximum Gasteiger partial charge on any atom is 0.251 e. The minimum atomic E-state index is -3.53. The molecule has 1 aliphatic heterocycles. The Morgan fingerprint density at radius 3 is 2.48 bits per heavy atom. The molecule has 0 unspecified atom stereocenters. The Hall–Kier alpha value is -2.18. The van der Waals surface area contributed by atoms with Crippen LogP contribution in [-0.2, 0) is 10.0 Å². The monoisotopic (exact) mass is 386 g/mol. The number of rotatable bonds is 5. The molecule has 0 bridgehead atoms. The fourth-order valence-electron chi connectivity index (χ4n) is 3.46. The zero-order valence-electron chi connectivity index (χ0n) is 16.0. The minimum Gasteiger partial charge on any atom is -0.346 e. The maximum atomic E-state index is 12.7. The van der Waals surface area contributed by atoms with Crippen LogP contribution >= 0.6 is 0 Å². The molecule has 0 saturated carbocycles. The molecule has 1 amide bonds. The van der Waals surface area contributed by atoms with E-state index in [9.17, 15) is 13.2 Å². The van der Waals surface area contributed by atoms with Crippen LogP contribution in [0.25, 0.3) is 0 Å². The fraction of sp³-hybridized carbons (Fsp3) is 0.381. The van der Waals surface area contributed by atoms with Crippen LogP contribution < -0.4 is 5.32 Å². The fourth-order valence-corrected chi connectivity index (χ4v) is 5.02. The molecule has 1 aliphatic rings. The number of hydrogen-bond acceptors (Lipinski definition) is 3. The molecule has 0 spiro atoms. The third-order valence-corrected chi connectivity index (χ3v) is 6.94. The van der Waals surface area contributed by atoms with Crippen LogP contribution in [0.2, 0.25) is 0 Å². The second-order valence-corrected chi connectivity index (χ2v) is 9.13. The molecule has 5 nitrogen and oxygen atoms in total. The van der Waals surface area contributed by atoms with Gasteiger partial charge in [-0.2, -0.15) is 4.31 Å². The molecule has 1 N–H and O–H groups in total. The highest BCUT2D eigenvalue weighted by atomic mass is 32.2. The summed E-state index contributed by atoms with van der Waals surface area (Å²) >= 11 is 0. The van der Waals surface area contributed by atoms with Gasteiger partial charge >= 0.3 is 0 Å². The summed E-state index contributed by atoms with van der Waals surface area (Å²) < 4.78 is 26.9. The molecular formula is C21H26N2O3S. The van der Waals surface area contributed by atoms with E-state index in [-0.39, 0.29) is 16.8 Å². The largest absolute Gasteiger partial charge is 0.346 e. The summed E-state index contributed by atoms with van der Waals surface area (Å²) in [6.45, 7) is 7.06. The van der Waals surface area contributed by atoms with E-state index in [1.165, 1.54) is 10.4 Å². The Bertz CT molecular complexity index is 948. The summed E-state index contributed by atoms with van der Waals surface area (Å²) in [5.41, 5.74) is 3.66. The van der Waals surface area contributed by atoms with Gasteiger partial charge in [-0.3, -0.25) is 4.79 Å². The quantitative estimate of drug-likeness (QED) is 0.854. The van der Waals surface area contributed by atoms with Gasteiger partial charge in [-0.15, -0.1) is 0 Å². The summed E-state index contributed by atoms with van der Waals surface area (Å²) in [4.78, 5) is 12.9. The van der Waals surface area contributed by atoms with Gasteiger partial charge in [-0.1, -0.05) is 29.8 Å². The molecule has 1 atom stereocenters. The highest BCUT2D eigenvalue weighted by molar-refractivity contribution is 7.89. The second-order valence-electron chi connectivity index (χ2n) is 7.19. The lowest BCUT2D eigenvalue weighted by molar-refractivity contribution is 0.0939. The van der Waals surface area contributed by atoms with Crippen molar-refractivity contribution in [1.82, 2.24) is 9.62 Å². The lowest BCUT2D eigenvalue weighted by Gasteiger charge is -2.18. The Morgan fingerprint density at radius 2 is 1.78 bits per heavy atom. The number of hydrogen-bond donors (Lipinski definition) is 1. The van der Waals surface area contributed by atoms with Crippen molar-refractivity contribution in [2.45, 2.75) is 44.6 Å². The van der Waals surface area contributed by atoms with Gasteiger partial charge in [0, 0.05) is 18.7 Å². The average molecular weight is 387 g/mol. The van der Waals surface area contributed by atoms with Crippen molar-refractivity contribution < 1.29 is 13.2 Å². The van der Waals surface area contributed by atoms with E-state index in [2.05, 4.69) is 11.4 Å². The summed E-state index contributed by atoms with van der Waals surface area (Å²) in [6.07, 6.45) is 1.76. The zero-order valence-corrected chi connectivity index (χ0v) is 16.8. The Balaban J connectivity index is 1.80. The van der Waals surface area contributed by atoms with E-state index in [0.717, 1.165) is 29.5 Å². The number of benzene rings is 2. The highest BCUT2D eigenvalue weighted by Gasteiger charge is 2.27. The number of aryl methyl sites for hydroxylation is 2. The van der Waals surface area contributed by atoms with Gasteiger partial charge in [0.25, 0.3) is 5.91 Å². The molecule has 2 aromatic carbocycles. The van der Waals surface area contributed by atoms with Gasteiger partial charge < -0.3 is 5.32 Å². The smallest absolute Gasteiger partial charge is 0.251 e. The van der Waals surface area contributed by atoms with Gasteiger partial charge in [0.15, 0.2) is 0 Å². The van der Waals surface area contributed by atoms with Crippen LogP contribution in [0.4, 0.5) is 0 Å². The third kappa shape index (κ3) is 4.22. The predicted octanol–water partition coefficient (Wildman–Crippen LogP) is 3.58. The third-order valence-electron chi connectivity index (χ3n) is 5.05. The van der Waals surface area contributed by atoms with E-state index in [0.29, 0.717) is 18.7 Å². The van der Waals surface area contributed by atoms with Gasteiger partial charge in [0.05, 0.1) is 10.9 Å². The van der Waals surface area contributed by atoms with Gasteiger partial charge in [-0.25, -0.2) is 8.42 Å². The van der Waals surface area contributed by atoms with Crippen LogP contribution in [-0.4, -0.2) is 31.7 Å². The van der Waals surface area contributed by atoms with E-state index < -0.39 is 10.0 Å². The molecule has 0 aliphatic carbocycles. The molecule has 1 saturated heterocycles. The van der Waals surface area contributed by atoms with Crippen molar-refractivity contribution in [3.05, 3.63) is 64.7 Å². The van der Waals surface area contributed by atoms with E-state index in [1.807, 2.05) is 32.9 Å². The van der Waals surface area contributed by atoms with Gasteiger partial charge in [-0.05, 0) is 62.9 Å². The molecular weight excluding hydrogens is 360 g/mol. The van der Waals surface area contributed by atoms with E-state index >= 15 is 0 Å². The van der Waals surface area contributed by atoms with Crippen molar-refractivity contribution in [1.29, 1.82) is 0 Å². The number of nitrogens with zero attached hydrogens (tertiary/aromatic N) is 1. The standard InChI is InChI=1S/C21H26N2O3S/c1-15-9-10-16(2)20(13-15)17(3)22-21(24)18-7-6-8-19(14-18)27(25,26)23-11-4-5-12-23/h6-10,13-14,17H,4-5,11-12H2,1-3H3,(H,22,24)/t17-/m1/s1. The summed E-state index contributed by atoms with van der Waals surface area (Å²) in [5.74, 6) is -0.276. The van der Waals surface area contributed by atoms with Crippen LogP contribution in [0.15, 0.2) is 47.4 Å². The Labute approximate surface area is 161 Å². The SMILES string of the molecule is Cc1ccc(C)c([C@@H](C)NC(=O)c2cccc(S(=O)(=O)N3CCCC3)c2)c1. The van der Waals surface area contributed by atoms with Crippen molar-refractivity contribution in [3.8, 4) is 0 Å². The van der Waals surface area contributed by atoms with Gasteiger partial charge in [0.1, 0.15) is 0 Å². The zero-order chi connectivity index (χ0) is 19.6. The van der Waals surface area contributed by atoms with E-state index in [1.54, 1.807) is 18.2 Å². The molecule has 3 rings (SSSR count).